The van der Waals surface area contributed by atoms with Gasteiger partial charge in [-0.25, -0.2) is 8.78 Å². The predicted molar refractivity (Wildman–Crippen MR) is 97.2 cm³/mol. The maximum absolute atomic E-state index is 13.9. The number of alkyl halides is 20. The second-order valence-corrected chi connectivity index (χ2v) is 9.38. The highest BCUT2D eigenvalue weighted by Crippen LogP contribution is 2.65. The highest BCUT2D eigenvalue weighted by molar-refractivity contribution is 5.72. The van der Waals surface area contributed by atoms with Crippen molar-refractivity contribution in [2.45, 2.75) is 98.8 Å². The molecule has 1 rings (SSSR count). The summed E-state index contributed by atoms with van der Waals surface area (Å²) >= 11 is 0. The number of rotatable bonds is 13. The molecule has 0 atom stereocenters. The zero-order valence-corrected chi connectivity index (χ0v) is 20.4. The molecular weight excluding hydrogens is 652 g/mol. The van der Waals surface area contributed by atoms with Crippen molar-refractivity contribution in [2.75, 3.05) is 6.61 Å². The minimum absolute atomic E-state index is 0.0227. The van der Waals surface area contributed by atoms with Crippen LogP contribution in [-0.4, -0.2) is 72.3 Å². The van der Waals surface area contributed by atoms with E-state index in [0.717, 1.165) is 0 Å². The Bertz CT molecular complexity index is 951. The van der Waals surface area contributed by atoms with Crippen LogP contribution >= 0.6 is 0 Å². The normalized spacial score (nSPS) is 21.1. The van der Waals surface area contributed by atoms with Crippen LogP contribution in [0.3, 0.4) is 0 Å². The van der Waals surface area contributed by atoms with Crippen LogP contribution in [0.4, 0.5) is 87.8 Å². The summed E-state index contributed by atoms with van der Waals surface area (Å²) in [6.07, 6.45) is -5.28. The molecule has 0 aliphatic heterocycles. The van der Waals surface area contributed by atoms with Gasteiger partial charge in [-0.1, -0.05) is 13.3 Å². The maximum Gasteiger partial charge on any atom is 0.385 e. The van der Waals surface area contributed by atoms with Crippen LogP contribution in [-0.2, 0) is 9.53 Å². The zero-order chi connectivity index (χ0) is 33.8. The lowest BCUT2D eigenvalue weighted by Gasteiger charge is -2.44. The molecule has 0 spiro atoms. The fraction of sp³-hybridized carbons (Fsp3) is 0.950. The molecule has 0 bridgehead atoms. The minimum atomic E-state index is -9.07. The summed E-state index contributed by atoms with van der Waals surface area (Å²) in [4.78, 5) is 11.8. The summed E-state index contributed by atoms with van der Waals surface area (Å²) in [5, 5.41) is 0. The number of carbonyl (C=O) groups excluding carboxylic acids is 1. The van der Waals surface area contributed by atoms with Crippen LogP contribution in [0.25, 0.3) is 0 Å². The molecule has 0 saturated heterocycles. The largest absolute Gasteiger partial charge is 0.459 e. The molecule has 0 aromatic carbocycles. The molecule has 1 saturated carbocycles. The fourth-order valence-corrected chi connectivity index (χ4v) is 3.74. The third kappa shape index (κ3) is 5.44. The number of carbonyl (C=O) groups is 1. The lowest BCUT2D eigenvalue weighted by atomic mass is 9.81. The van der Waals surface area contributed by atoms with E-state index in [9.17, 15) is 92.6 Å². The summed E-state index contributed by atoms with van der Waals surface area (Å²) in [6, 6.07) is 0. The van der Waals surface area contributed by atoms with E-state index in [-0.39, 0.29) is 31.6 Å². The van der Waals surface area contributed by atoms with Gasteiger partial charge in [-0.2, -0.15) is 79.0 Å². The lowest BCUT2D eigenvalue weighted by Crippen LogP contribution is -2.76. The van der Waals surface area contributed by atoms with E-state index in [0.29, 0.717) is 6.42 Å². The topological polar surface area (TPSA) is 26.3 Å². The van der Waals surface area contributed by atoms with E-state index in [2.05, 4.69) is 4.74 Å². The van der Waals surface area contributed by atoms with E-state index in [1.165, 1.54) is 0 Å². The summed E-state index contributed by atoms with van der Waals surface area (Å²) < 4.78 is 272. The van der Waals surface area contributed by atoms with Crippen molar-refractivity contribution >= 4 is 5.97 Å². The number of hydrogen-bond donors (Lipinski definition) is 0. The average Bonchev–Trinajstić information content (AvgIpc) is 2.86. The Morgan fingerprint density at radius 3 is 1.26 bits per heavy atom. The second kappa shape index (κ2) is 11.2. The standard InChI is InChI=1S/C20H18F20O2/c1-2-8-3-5-9(6-4-8)10(41)42-7-12(23,24)14(27,28)16(31,32)18(35,36)20(39,40)19(37,38)17(33,34)15(29,30)13(25,26)11(21)22/h8-9,11H,2-7H2,1H3/t8-,9-. The number of ether oxygens (including phenoxy) is 1. The SMILES string of the molecule is CC[C@H]1CC[C@H](C(=O)OCC(F)(F)C(F)(F)C(F)(F)C(F)(F)C(F)(F)C(F)(F)C(F)(F)C(F)(F)C(F)(F)C(F)F)CC1. The van der Waals surface area contributed by atoms with E-state index in [4.69, 9.17) is 0 Å². The van der Waals surface area contributed by atoms with Crippen molar-refractivity contribution < 1.29 is 97.3 Å². The van der Waals surface area contributed by atoms with Crippen LogP contribution in [0, 0.1) is 11.8 Å². The van der Waals surface area contributed by atoms with Gasteiger partial charge >= 0.3 is 65.7 Å². The van der Waals surface area contributed by atoms with Crippen molar-refractivity contribution in [1.29, 1.82) is 0 Å². The number of hydrogen-bond acceptors (Lipinski definition) is 2. The Balaban J connectivity index is 3.42. The van der Waals surface area contributed by atoms with Gasteiger partial charge in [-0.05, 0) is 31.6 Å². The molecule has 0 N–H and O–H groups in total. The molecule has 0 aromatic rings. The van der Waals surface area contributed by atoms with Crippen molar-refractivity contribution in [3.8, 4) is 0 Å². The predicted octanol–water partition coefficient (Wildman–Crippen LogP) is 8.73. The van der Waals surface area contributed by atoms with E-state index < -0.39 is 78.2 Å². The minimum Gasteiger partial charge on any atom is -0.459 e. The molecule has 0 amide bonds. The van der Waals surface area contributed by atoms with Gasteiger partial charge in [0.2, 0.25) is 0 Å². The summed E-state index contributed by atoms with van der Waals surface area (Å²) in [5.41, 5.74) is 0. The van der Waals surface area contributed by atoms with Gasteiger partial charge < -0.3 is 4.74 Å². The molecule has 0 radical (unpaired) electrons. The smallest absolute Gasteiger partial charge is 0.385 e. The first-order chi connectivity index (χ1) is 18.4. The lowest BCUT2D eigenvalue weighted by molar-refractivity contribution is -0.465. The van der Waals surface area contributed by atoms with Crippen LogP contribution in [0.2, 0.25) is 0 Å². The first-order valence-electron chi connectivity index (χ1n) is 11.2. The quantitative estimate of drug-likeness (QED) is 0.145. The first kappa shape index (κ1) is 38.1. The molecule has 1 aliphatic rings. The number of halogens is 20. The number of esters is 1. The Morgan fingerprint density at radius 1 is 0.595 bits per heavy atom. The Labute approximate surface area is 221 Å². The van der Waals surface area contributed by atoms with Gasteiger partial charge in [0.1, 0.15) is 0 Å². The van der Waals surface area contributed by atoms with Gasteiger partial charge in [0, 0.05) is 0 Å². The highest BCUT2D eigenvalue weighted by atomic mass is 19.4. The van der Waals surface area contributed by atoms with Crippen molar-refractivity contribution in [3.05, 3.63) is 0 Å². The zero-order valence-electron chi connectivity index (χ0n) is 20.4. The van der Waals surface area contributed by atoms with Crippen molar-refractivity contribution in [2.24, 2.45) is 11.8 Å². The van der Waals surface area contributed by atoms with E-state index in [1.54, 1.807) is 6.92 Å². The molecule has 2 nitrogen and oxygen atoms in total. The third-order valence-electron chi connectivity index (χ3n) is 6.67. The molecule has 42 heavy (non-hydrogen) atoms. The summed E-state index contributed by atoms with van der Waals surface area (Å²) in [7, 11) is 0. The van der Waals surface area contributed by atoms with E-state index >= 15 is 0 Å². The molecular formula is C20H18F20O2. The van der Waals surface area contributed by atoms with Crippen LogP contribution in [0.15, 0.2) is 0 Å². The van der Waals surface area contributed by atoms with Gasteiger partial charge in [-0.15, -0.1) is 0 Å². The van der Waals surface area contributed by atoms with Gasteiger partial charge in [0.15, 0.2) is 6.61 Å². The van der Waals surface area contributed by atoms with Crippen LogP contribution < -0.4 is 0 Å². The Kier molecular flexibility index (Phi) is 10.2. The maximum atomic E-state index is 13.9. The van der Waals surface area contributed by atoms with Crippen LogP contribution in [0.1, 0.15) is 39.0 Å². The molecule has 250 valence electrons. The second-order valence-electron chi connectivity index (χ2n) is 9.38. The van der Waals surface area contributed by atoms with Gasteiger partial charge in [0.25, 0.3) is 0 Å². The van der Waals surface area contributed by atoms with Crippen LogP contribution in [0.5, 0.6) is 0 Å². The Morgan fingerprint density at radius 2 is 0.929 bits per heavy atom. The fourth-order valence-electron chi connectivity index (χ4n) is 3.74. The monoisotopic (exact) mass is 670 g/mol. The molecule has 1 fully saturated rings. The van der Waals surface area contributed by atoms with Gasteiger partial charge in [0.05, 0.1) is 5.92 Å². The molecule has 0 aromatic heterocycles. The summed E-state index contributed by atoms with van der Waals surface area (Å²) in [6.45, 7) is -1.60. The van der Waals surface area contributed by atoms with E-state index in [1.807, 2.05) is 0 Å². The molecule has 0 unspecified atom stereocenters. The average molecular weight is 670 g/mol. The van der Waals surface area contributed by atoms with Crippen molar-refractivity contribution in [1.82, 2.24) is 0 Å². The highest BCUT2D eigenvalue weighted by Gasteiger charge is 2.96. The first-order valence-corrected chi connectivity index (χ1v) is 11.2. The van der Waals surface area contributed by atoms with Crippen molar-refractivity contribution in [3.63, 3.8) is 0 Å². The molecule has 0 heterocycles. The molecule has 1 aliphatic carbocycles. The van der Waals surface area contributed by atoms with Gasteiger partial charge in [-0.3, -0.25) is 4.79 Å². The third-order valence-corrected chi connectivity index (χ3v) is 6.67. The summed E-state index contributed by atoms with van der Waals surface area (Å²) in [5.74, 6) is -78.8. The Hall–Kier alpha value is -1.93. The molecule has 22 heteroatoms.